The maximum absolute atomic E-state index is 11.8. The molecule has 1 rings (SSSR count). The number of alkyl halides is 3. The number of hydrogen-bond donors (Lipinski definition) is 1. The number of halogens is 3. The molecule has 4 heteroatoms. The summed E-state index contributed by atoms with van der Waals surface area (Å²) in [4.78, 5) is 0. The van der Waals surface area contributed by atoms with E-state index in [1.807, 2.05) is 0 Å². The molecule has 0 spiro atoms. The predicted octanol–water partition coefficient (Wildman–Crippen LogP) is 1.40. The lowest BCUT2D eigenvalue weighted by molar-refractivity contribution is -0.0928. The van der Waals surface area contributed by atoms with Gasteiger partial charge in [-0.25, -0.2) is 0 Å². The minimum atomic E-state index is -4.20. The molecule has 0 aromatic carbocycles. The first-order valence-electron chi connectivity index (χ1n) is 2.68. The van der Waals surface area contributed by atoms with Crippen molar-refractivity contribution in [2.45, 2.75) is 6.18 Å². The van der Waals surface area contributed by atoms with Gasteiger partial charge in [-0.1, -0.05) is 6.08 Å². The summed E-state index contributed by atoms with van der Waals surface area (Å²) in [6.07, 6.45) is 0.458. The van der Waals surface area contributed by atoms with E-state index in [1.165, 1.54) is 6.08 Å². The predicted molar refractivity (Wildman–Crippen MR) is 30.0 cm³/mol. The second-order valence-electron chi connectivity index (χ2n) is 1.85. The van der Waals surface area contributed by atoms with Crippen LogP contribution in [0.25, 0.3) is 0 Å². The van der Waals surface area contributed by atoms with Gasteiger partial charge in [-0.15, -0.1) is 0 Å². The third-order valence-corrected chi connectivity index (χ3v) is 1.11. The third-order valence-electron chi connectivity index (χ3n) is 1.11. The van der Waals surface area contributed by atoms with Gasteiger partial charge in [-0.05, 0) is 6.08 Å². The van der Waals surface area contributed by atoms with Crippen LogP contribution in [0.15, 0.2) is 17.7 Å². The van der Waals surface area contributed by atoms with Gasteiger partial charge < -0.3 is 5.32 Å². The lowest BCUT2D eigenvalue weighted by atomic mass is 10.2. The molecule has 0 fully saturated rings. The van der Waals surface area contributed by atoms with Crippen molar-refractivity contribution in [2.24, 2.45) is 0 Å². The van der Waals surface area contributed by atoms with Crippen molar-refractivity contribution in [1.82, 2.24) is 5.32 Å². The highest BCUT2D eigenvalue weighted by atomic mass is 19.4. The van der Waals surface area contributed by atoms with E-state index >= 15 is 0 Å². The van der Waals surface area contributed by atoms with Crippen molar-refractivity contribution in [2.75, 3.05) is 6.54 Å². The third kappa shape index (κ3) is 1.52. The zero-order valence-corrected chi connectivity index (χ0v) is 5.00. The van der Waals surface area contributed by atoms with Crippen LogP contribution in [0.3, 0.4) is 0 Å². The standard InChI is InChI=1S/C6H5F3N/c7-6(8,9)5-2-1-3-10-4-5/h1-2,10H,4H2. The maximum atomic E-state index is 11.8. The van der Waals surface area contributed by atoms with E-state index in [0.717, 1.165) is 6.08 Å². The summed E-state index contributed by atoms with van der Waals surface area (Å²) in [5, 5.41) is 2.35. The smallest absolute Gasteiger partial charge is 0.379 e. The molecule has 1 aliphatic rings. The van der Waals surface area contributed by atoms with Crippen molar-refractivity contribution in [3.8, 4) is 0 Å². The van der Waals surface area contributed by atoms with E-state index in [1.54, 1.807) is 0 Å². The first kappa shape index (κ1) is 7.18. The fourth-order valence-corrected chi connectivity index (χ4v) is 0.601. The average Bonchev–Trinajstić information content (AvgIpc) is 1.88. The molecule has 0 unspecified atom stereocenters. The highest BCUT2D eigenvalue weighted by molar-refractivity contribution is 5.20. The fraction of sp³-hybridized carbons (Fsp3) is 0.333. The van der Waals surface area contributed by atoms with Crippen LogP contribution in [0.1, 0.15) is 0 Å². The van der Waals surface area contributed by atoms with Gasteiger partial charge in [-0.3, -0.25) is 0 Å². The summed E-state index contributed by atoms with van der Waals surface area (Å²) < 4.78 is 35.4. The molecule has 0 aliphatic carbocycles. The summed E-state index contributed by atoms with van der Waals surface area (Å²) in [7, 11) is 0. The van der Waals surface area contributed by atoms with Crippen LogP contribution >= 0.6 is 0 Å². The minimum Gasteiger partial charge on any atom is -0.379 e. The van der Waals surface area contributed by atoms with E-state index in [0.29, 0.717) is 0 Å². The Bertz CT molecular complexity index is 178. The van der Waals surface area contributed by atoms with E-state index in [4.69, 9.17) is 0 Å². The Hall–Kier alpha value is -0.930. The van der Waals surface area contributed by atoms with Gasteiger partial charge in [0.25, 0.3) is 0 Å². The molecule has 0 saturated heterocycles. The first-order valence-corrected chi connectivity index (χ1v) is 2.68. The molecule has 0 amide bonds. The SMILES string of the molecule is FC(F)(F)C1=CC=[C]NC1. The lowest BCUT2D eigenvalue weighted by Gasteiger charge is -2.12. The molecular weight excluding hydrogens is 143 g/mol. The van der Waals surface area contributed by atoms with E-state index in [9.17, 15) is 13.2 Å². The summed E-state index contributed by atoms with van der Waals surface area (Å²) in [5.41, 5.74) is -0.564. The molecular formula is C6H5F3N. The van der Waals surface area contributed by atoms with Crippen LogP contribution in [0.5, 0.6) is 0 Å². The molecule has 1 N–H and O–H groups in total. The summed E-state index contributed by atoms with van der Waals surface area (Å²) in [6, 6.07) is 0. The molecule has 1 heterocycles. The quantitative estimate of drug-likeness (QED) is 0.547. The maximum Gasteiger partial charge on any atom is 0.414 e. The number of dihydropyridines is 1. The second kappa shape index (κ2) is 2.36. The number of allylic oxidation sites excluding steroid dienone is 2. The Morgan fingerprint density at radius 1 is 1.50 bits per heavy atom. The topological polar surface area (TPSA) is 12.0 Å². The molecule has 10 heavy (non-hydrogen) atoms. The van der Waals surface area contributed by atoms with Gasteiger partial charge in [0.05, 0.1) is 11.8 Å². The lowest BCUT2D eigenvalue weighted by Crippen LogP contribution is -2.24. The average molecular weight is 148 g/mol. The number of rotatable bonds is 0. The summed E-state index contributed by atoms with van der Waals surface area (Å²) in [5.74, 6) is 0. The van der Waals surface area contributed by atoms with Crippen molar-refractivity contribution >= 4 is 0 Å². The van der Waals surface area contributed by atoms with Crippen LogP contribution in [0.2, 0.25) is 0 Å². The van der Waals surface area contributed by atoms with Crippen molar-refractivity contribution in [3.05, 3.63) is 23.9 Å². The monoisotopic (exact) mass is 148 g/mol. The van der Waals surface area contributed by atoms with Crippen LogP contribution in [0, 0.1) is 6.20 Å². The highest BCUT2D eigenvalue weighted by Gasteiger charge is 2.32. The molecule has 0 bridgehead atoms. The molecule has 0 atom stereocenters. The Labute approximate surface area is 56.2 Å². The van der Waals surface area contributed by atoms with Gasteiger partial charge >= 0.3 is 6.18 Å². The van der Waals surface area contributed by atoms with Gasteiger partial charge in [0.1, 0.15) is 0 Å². The van der Waals surface area contributed by atoms with Gasteiger partial charge in [0.15, 0.2) is 0 Å². The summed E-state index contributed by atoms with van der Waals surface area (Å²) >= 11 is 0. The van der Waals surface area contributed by atoms with Gasteiger partial charge in [-0.2, -0.15) is 13.2 Å². The zero-order chi connectivity index (χ0) is 7.61. The van der Waals surface area contributed by atoms with Crippen molar-refractivity contribution in [1.29, 1.82) is 0 Å². The molecule has 55 valence electrons. The van der Waals surface area contributed by atoms with E-state index in [2.05, 4.69) is 11.5 Å². The molecule has 1 aliphatic heterocycles. The first-order chi connectivity index (χ1) is 4.61. The van der Waals surface area contributed by atoms with Gasteiger partial charge in [0, 0.05) is 6.54 Å². The van der Waals surface area contributed by atoms with E-state index < -0.39 is 11.7 Å². The van der Waals surface area contributed by atoms with Crippen LogP contribution < -0.4 is 5.32 Å². The van der Waals surface area contributed by atoms with E-state index in [-0.39, 0.29) is 6.54 Å². The van der Waals surface area contributed by atoms with Gasteiger partial charge in [0.2, 0.25) is 0 Å². The second-order valence-corrected chi connectivity index (χ2v) is 1.85. The van der Waals surface area contributed by atoms with Crippen molar-refractivity contribution in [3.63, 3.8) is 0 Å². The van der Waals surface area contributed by atoms with Crippen LogP contribution in [-0.2, 0) is 0 Å². The molecule has 1 nitrogen and oxygen atoms in total. The highest BCUT2D eigenvalue weighted by Crippen LogP contribution is 2.25. The molecule has 1 radical (unpaired) electrons. The largest absolute Gasteiger partial charge is 0.414 e. The molecule has 0 aromatic heterocycles. The number of hydrogen-bond acceptors (Lipinski definition) is 1. The fourth-order valence-electron chi connectivity index (χ4n) is 0.601. The minimum absolute atomic E-state index is 0.181. The van der Waals surface area contributed by atoms with Crippen molar-refractivity contribution < 1.29 is 13.2 Å². The molecule has 0 saturated carbocycles. The summed E-state index contributed by atoms with van der Waals surface area (Å²) in [6.45, 7) is -0.181. The van der Waals surface area contributed by atoms with Crippen LogP contribution in [-0.4, -0.2) is 12.7 Å². The molecule has 0 aromatic rings. The Morgan fingerprint density at radius 2 is 2.20 bits per heavy atom. The number of nitrogens with one attached hydrogen (secondary N) is 1. The normalized spacial score (nSPS) is 18.1. The Kier molecular flexibility index (Phi) is 1.70. The van der Waals surface area contributed by atoms with Crippen LogP contribution in [0.4, 0.5) is 13.2 Å². The Morgan fingerprint density at radius 3 is 2.50 bits per heavy atom. The Balaban J connectivity index is 2.72. The zero-order valence-electron chi connectivity index (χ0n) is 5.00.